The fourth-order valence-electron chi connectivity index (χ4n) is 2.77. The minimum absolute atomic E-state index is 0.166. The Kier molecular flexibility index (Phi) is 3.91. The average Bonchev–Trinajstić information content (AvgIpc) is 2.98. The summed E-state index contributed by atoms with van der Waals surface area (Å²) in [5, 5.41) is 0. The second-order valence-electron chi connectivity index (χ2n) is 5.35. The first kappa shape index (κ1) is 15.3. The number of rotatable bonds is 3. The highest BCUT2D eigenvalue weighted by atomic mass is 19.1. The molecule has 0 aliphatic carbocycles. The number of fused-ring (bicyclic) bond motifs is 1. The Hall–Kier alpha value is -2.61. The number of hydrogen-bond acceptors (Lipinski definition) is 5. The molecule has 3 rings (SSSR count). The van der Waals surface area contributed by atoms with E-state index < -0.39 is 23.7 Å². The molecule has 1 aromatic carbocycles. The number of primary amides is 1. The Morgan fingerprint density at radius 3 is 2.57 bits per heavy atom. The normalized spacial score (nSPS) is 20.9. The van der Waals surface area contributed by atoms with Gasteiger partial charge in [0.15, 0.2) is 0 Å². The molecule has 23 heavy (non-hydrogen) atoms. The minimum atomic E-state index is -0.815. The van der Waals surface area contributed by atoms with Crippen molar-refractivity contribution in [3.8, 4) is 0 Å². The van der Waals surface area contributed by atoms with Crippen LogP contribution in [0.25, 0.3) is 11.0 Å². The molecule has 0 radical (unpaired) electrons. The van der Waals surface area contributed by atoms with Crippen LogP contribution in [0, 0.1) is 5.82 Å². The van der Waals surface area contributed by atoms with Crippen LogP contribution >= 0.6 is 0 Å². The van der Waals surface area contributed by atoms with Gasteiger partial charge in [-0.2, -0.15) is 0 Å². The topological polar surface area (TPSA) is 98.4 Å². The van der Waals surface area contributed by atoms with Crippen LogP contribution in [0.15, 0.2) is 24.5 Å². The number of halogens is 1. The standard InChI is InChI=1S/C15H15FN4O3/c1-23-8-4-13(14(17)21)20(7-8)15(22)9-5-11-12(6-10(9)16)19-3-2-18-11/h2-3,5-6,8,13H,4,7H2,1H3,(H2,17,21)/t8-,13-/m0/s1. The molecule has 2 aromatic rings. The Labute approximate surface area is 131 Å². The fourth-order valence-corrected chi connectivity index (χ4v) is 2.77. The number of hydrogen-bond donors (Lipinski definition) is 1. The molecule has 1 aliphatic rings. The van der Waals surface area contributed by atoms with Crippen molar-refractivity contribution in [3.63, 3.8) is 0 Å². The highest BCUT2D eigenvalue weighted by molar-refractivity contribution is 6.00. The van der Waals surface area contributed by atoms with Crippen molar-refractivity contribution in [2.24, 2.45) is 5.73 Å². The van der Waals surface area contributed by atoms with E-state index in [0.29, 0.717) is 17.5 Å². The maximum Gasteiger partial charge on any atom is 0.257 e. The Balaban J connectivity index is 1.99. The smallest absolute Gasteiger partial charge is 0.257 e. The minimum Gasteiger partial charge on any atom is -0.380 e. The number of nitrogens with two attached hydrogens (primary N) is 1. The third-order valence-electron chi connectivity index (χ3n) is 3.97. The van der Waals surface area contributed by atoms with Crippen molar-refractivity contribution in [1.82, 2.24) is 14.9 Å². The zero-order valence-electron chi connectivity index (χ0n) is 12.4. The summed E-state index contributed by atoms with van der Waals surface area (Å²) in [6.07, 6.45) is 2.89. The maximum atomic E-state index is 14.3. The Morgan fingerprint density at radius 2 is 1.96 bits per heavy atom. The van der Waals surface area contributed by atoms with E-state index >= 15 is 0 Å². The largest absolute Gasteiger partial charge is 0.380 e. The second kappa shape index (κ2) is 5.88. The van der Waals surface area contributed by atoms with Gasteiger partial charge in [-0.05, 0) is 6.07 Å². The van der Waals surface area contributed by atoms with Crippen molar-refractivity contribution in [2.75, 3.05) is 13.7 Å². The lowest BCUT2D eigenvalue weighted by Gasteiger charge is -2.22. The van der Waals surface area contributed by atoms with Crippen LogP contribution in [0.3, 0.4) is 0 Å². The summed E-state index contributed by atoms with van der Waals surface area (Å²) >= 11 is 0. The third-order valence-corrected chi connectivity index (χ3v) is 3.97. The van der Waals surface area contributed by atoms with E-state index in [1.165, 1.54) is 30.5 Å². The van der Waals surface area contributed by atoms with E-state index in [1.54, 1.807) is 0 Å². The summed E-state index contributed by atoms with van der Waals surface area (Å²) in [6.45, 7) is 0.181. The van der Waals surface area contributed by atoms with E-state index in [4.69, 9.17) is 10.5 Å². The molecule has 1 aliphatic heterocycles. The van der Waals surface area contributed by atoms with Gasteiger partial charge in [0.2, 0.25) is 5.91 Å². The number of benzene rings is 1. The molecule has 0 bridgehead atoms. The monoisotopic (exact) mass is 318 g/mol. The number of aromatic nitrogens is 2. The molecule has 2 heterocycles. The van der Waals surface area contributed by atoms with E-state index in [1.807, 2.05) is 0 Å². The van der Waals surface area contributed by atoms with E-state index in [0.717, 1.165) is 6.07 Å². The van der Waals surface area contributed by atoms with Gasteiger partial charge in [0, 0.05) is 38.5 Å². The molecular formula is C15H15FN4O3. The van der Waals surface area contributed by atoms with Gasteiger partial charge in [0.05, 0.1) is 22.7 Å². The molecule has 0 spiro atoms. The van der Waals surface area contributed by atoms with E-state index in [9.17, 15) is 14.0 Å². The molecule has 2 N–H and O–H groups in total. The van der Waals surface area contributed by atoms with Gasteiger partial charge in [-0.15, -0.1) is 0 Å². The molecule has 120 valence electrons. The molecule has 1 aromatic heterocycles. The van der Waals surface area contributed by atoms with Crippen LogP contribution in [0.2, 0.25) is 0 Å². The first-order chi connectivity index (χ1) is 11.0. The van der Waals surface area contributed by atoms with Crippen molar-refractivity contribution >= 4 is 22.8 Å². The fraction of sp³-hybridized carbons (Fsp3) is 0.333. The summed E-state index contributed by atoms with van der Waals surface area (Å²) in [5.41, 5.74) is 5.93. The number of likely N-dealkylation sites (tertiary alicyclic amines) is 1. The van der Waals surface area contributed by atoms with Crippen molar-refractivity contribution in [3.05, 3.63) is 35.9 Å². The molecule has 2 amide bonds. The van der Waals surface area contributed by atoms with Crippen LogP contribution < -0.4 is 5.73 Å². The molecule has 0 unspecified atom stereocenters. The number of methoxy groups -OCH3 is 1. The Morgan fingerprint density at radius 1 is 1.30 bits per heavy atom. The van der Waals surface area contributed by atoms with E-state index in [-0.39, 0.29) is 18.2 Å². The molecule has 0 saturated carbocycles. The van der Waals surface area contributed by atoms with Crippen LogP contribution in [-0.2, 0) is 9.53 Å². The van der Waals surface area contributed by atoms with Crippen LogP contribution in [-0.4, -0.2) is 52.5 Å². The zero-order valence-corrected chi connectivity index (χ0v) is 12.4. The quantitative estimate of drug-likeness (QED) is 0.888. The molecular weight excluding hydrogens is 303 g/mol. The molecule has 8 heteroatoms. The third kappa shape index (κ3) is 2.72. The van der Waals surface area contributed by atoms with Crippen LogP contribution in [0.5, 0.6) is 0 Å². The number of amides is 2. The lowest BCUT2D eigenvalue weighted by Crippen LogP contribution is -2.44. The highest BCUT2D eigenvalue weighted by Gasteiger charge is 2.39. The second-order valence-corrected chi connectivity index (χ2v) is 5.35. The summed E-state index contributed by atoms with van der Waals surface area (Å²) in [5.74, 6) is -1.97. The average molecular weight is 318 g/mol. The van der Waals surface area contributed by atoms with Crippen molar-refractivity contribution in [1.29, 1.82) is 0 Å². The number of carbonyl (C=O) groups excluding carboxylic acids is 2. The summed E-state index contributed by atoms with van der Waals surface area (Å²) in [4.78, 5) is 33.5. The number of carbonyl (C=O) groups is 2. The highest BCUT2D eigenvalue weighted by Crippen LogP contribution is 2.24. The first-order valence-corrected chi connectivity index (χ1v) is 7.04. The Bertz CT molecular complexity index is 782. The lowest BCUT2D eigenvalue weighted by molar-refractivity contribution is -0.121. The van der Waals surface area contributed by atoms with Gasteiger partial charge >= 0.3 is 0 Å². The van der Waals surface area contributed by atoms with Crippen LogP contribution in [0.4, 0.5) is 4.39 Å². The summed E-state index contributed by atoms with van der Waals surface area (Å²) in [7, 11) is 1.49. The molecule has 2 atom stereocenters. The van der Waals surface area contributed by atoms with Gasteiger partial charge in [-0.1, -0.05) is 0 Å². The molecule has 1 fully saturated rings. The predicted octanol–water partition coefficient (Wildman–Crippen LogP) is 0.484. The SMILES string of the molecule is CO[C@H]1C[C@@H](C(N)=O)N(C(=O)c2cc3nccnc3cc2F)C1. The van der Waals surface area contributed by atoms with Crippen molar-refractivity contribution < 1.29 is 18.7 Å². The van der Waals surface area contributed by atoms with Crippen molar-refractivity contribution in [2.45, 2.75) is 18.6 Å². The molecule has 1 saturated heterocycles. The summed E-state index contributed by atoms with van der Waals surface area (Å²) in [6, 6.07) is 1.67. The first-order valence-electron chi connectivity index (χ1n) is 7.04. The van der Waals surface area contributed by atoms with Gasteiger partial charge in [0.25, 0.3) is 5.91 Å². The zero-order chi connectivity index (χ0) is 16.6. The van der Waals surface area contributed by atoms with E-state index in [2.05, 4.69) is 9.97 Å². The maximum absolute atomic E-state index is 14.3. The molecule has 7 nitrogen and oxygen atoms in total. The van der Waals surface area contributed by atoms with Gasteiger partial charge in [0.1, 0.15) is 11.9 Å². The number of nitrogens with zero attached hydrogens (tertiary/aromatic N) is 3. The number of ether oxygens (including phenoxy) is 1. The summed E-state index contributed by atoms with van der Waals surface area (Å²) < 4.78 is 19.5. The lowest BCUT2D eigenvalue weighted by atomic mass is 10.1. The van der Waals surface area contributed by atoms with Gasteiger partial charge in [-0.3, -0.25) is 19.6 Å². The van der Waals surface area contributed by atoms with Gasteiger partial charge < -0.3 is 15.4 Å². The van der Waals surface area contributed by atoms with Crippen LogP contribution in [0.1, 0.15) is 16.8 Å². The van der Waals surface area contributed by atoms with Gasteiger partial charge in [-0.25, -0.2) is 4.39 Å². The predicted molar refractivity (Wildman–Crippen MR) is 78.9 cm³/mol.